The number of likely N-dealkylation sites (tertiary alicyclic amines) is 1. The number of nitrogens with zero attached hydrogens (tertiary/aromatic N) is 1. The van der Waals surface area contributed by atoms with Gasteiger partial charge in [-0.1, -0.05) is 0 Å². The van der Waals surface area contributed by atoms with E-state index in [1.165, 1.54) is 19.1 Å². The highest BCUT2D eigenvalue weighted by Crippen LogP contribution is 2.18. The van der Waals surface area contributed by atoms with Crippen LogP contribution in [-0.4, -0.2) is 43.8 Å². The molecule has 0 N–H and O–H groups in total. The van der Waals surface area contributed by atoms with Crippen LogP contribution in [0.2, 0.25) is 0 Å². The second-order valence-corrected chi connectivity index (χ2v) is 3.20. The molecule has 1 unspecified atom stereocenters. The molecule has 14 heavy (non-hydrogen) atoms. The van der Waals surface area contributed by atoms with E-state index in [2.05, 4.69) is 9.47 Å². The van der Waals surface area contributed by atoms with Gasteiger partial charge in [0.1, 0.15) is 6.04 Å². The first-order chi connectivity index (χ1) is 6.70. The average molecular weight is 201 g/mol. The Morgan fingerprint density at radius 1 is 1.21 bits per heavy atom. The second-order valence-electron chi connectivity index (χ2n) is 3.20. The van der Waals surface area contributed by atoms with Crippen molar-refractivity contribution in [1.29, 1.82) is 0 Å². The molecule has 0 aromatic carbocycles. The number of ether oxygens (including phenoxy) is 2. The van der Waals surface area contributed by atoms with E-state index in [4.69, 9.17) is 0 Å². The van der Waals surface area contributed by atoms with Crippen molar-refractivity contribution in [3.63, 3.8) is 0 Å². The first-order valence-electron chi connectivity index (χ1n) is 4.63. The Bertz CT molecular complexity index is 205. The van der Waals surface area contributed by atoms with E-state index in [1.807, 2.05) is 0 Å². The summed E-state index contributed by atoms with van der Waals surface area (Å²) in [6, 6.07) is -0.471. The van der Waals surface area contributed by atoms with Gasteiger partial charge in [-0.05, 0) is 19.3 Å². The molecule has 1 atom stereocenters. The van der Waals surface area contributed by atoms with E-state index >= 15 is 0 Å². The molecule has 1 amide bonds. The predicted molar refractivity (Wildman–Crippen MR) is 48.8 cm³/mol. The lowest BCUT2D eigenvalue weighted by Gasteiger charge is -2.32. The van der Waals surface area contributed by atoms with Gasteiger partial charge in [0, 0.05) is 6.54 Å². The van der Waals surface area contributed by atoms with E-state index in [0.717, 1.165) is 12.8 Å². The lowest BCUT2D eigenvalue weighted by Crippen LogP contribution is -2.48. The Morgan fingerprint density at radius 3 is 2.50 bits per heavy atom. The van der Waals surface area contributed by atoms with E-state index in [9.17, 15) is 9.59 Å². The van der Waals surface area contributed by atoms with Crippen molar-refractivity contribution in [2.45, 2.75) is 25.3 Å². The molecule has 1 fully saturated rings. The summed E-state index contributed by atoms with van der Waals surface area (Å²) in [5.74, 6) is -0.366. The van der Waals surface area contributed by atoms with Crippen LogP contribution in [0.4, 0.5) is 4.79 Å². The summed E-state index contributed by atoms with van der Waals surface area (Å²) in [5, 5.41) is 0. The van der Waals surface area contributed by atoms with Crippen molar-refractivity contribution < 1.29 is 19.1 Å². The molecule has 0 aromatic heterocycles. The molecule has 80 valence electrons. The minimum atomic E-state index is -0.471. The van der Waals surface area contributed by atoms with E-state index in [1.54, 1.807) is 0 Å². The summed E-state index contributed by atoms with van der Waals surface area (Å²) < 4.78 is 9.22. The van der Waals surface area contributed by atoms with Gasteiger partial charge in [-0.3, -0.25) is 4.90 Å². The standard InChI is InChI=1S/C9H15NO4/c1-13-8(11)7-5-3-4-6-10(7)9(12)14-2/h7H,3-6H2,1-2H3. The Labute approximate surface area is 83.0 Å². The molecule has 1 aliphatic heterocycles. The smallest absolute Gasteiger partial charge is 0.410 e. The maximum Gasteiger partial charge on any atom is 0.410 e. The first-order valence-corrected chi connectivity index (χ1v) is 4.63. The lowest BCUT2D eigenvalue weighted by atomic mass is 10.0. The molecule has 0 aliphatic carbocycles. The van der Waals surface area contributed by atoms with Gasteiger partial charge in [0.2, 0.25) is 0 Å². The maximum absolute atomic E-state index is 11.3. The monoisotopic (exact) mass is 201 g/mol. The minimum absolute atomic E-state index is 0.366. The van der Waals surface area contributed by atoms with Crippen LogP contribution in [-0.2, 0) is 14.3 Å². The second kappa shape index (κ2) is 4.83. The van der Waals surface area contributed by atoms with Crippen LogP contribution in [0.1, 0.15) is 19.3 Å². The molecule has 0 aromatic rings. The van der Waals surface area contributed by atoms with Gasteiger partial charge in [-0.25, -0.2) is 9.59 Å². The Kier molecular flexibility index (Phi) is 3.73. The molecule has 0 radical (unpaired) electrons. The first kappa shape index (κ1) is 10.8. The van der Waals surface area contributed by atoms with Gasteiger partial charge in [-0.2, -0.15) is 0 Å². The predicted octanol–water partition coefficient (Wildman–Crippen LogP) is 0.780. The van der Waals surface area contributed by atoms with E-state index < -0.39 is 12.1 Å². The number of hydrogen-bond acceptors (Lipinski definition) is 4. The molecule has 1 aliphatic rings. The fraction of sp³-hybridized carbons (Fsp3) is 0.778. The van der Waals surface area contributed by atoms with Gasteiger partial charge in [0.15, 0.2) is 0 Å². The molecule has 5 nitrogen and oxygen atoms in total. The summed E-state index contributed by atoms with van der Waals surface area (Å²) >= 11 is 0. The number of rotatable bonds is 1. The lowest BCUT2D eigenvalue weighted by molar-refractivity contribution is -0.147. The van der Waals surface area contributed by atoms with Crippen molar-refractivity contribution in [2.24, 2.45) is 0 Å². The molecule has 1 saturated heterocycles. The third-order valence-electron chi connectivity index (χ3n) is 2.39. The maximum atomic E-state index is 11.3. The zero-order valence-corrected chi connectivity index (χ0v) is 8.49. The van der Waals surface area contributed by atoms with Crippen LogP contribution in [0.5, 0.6) is 0 Å². The number of carbonyl (C=O) groups is 2. The largest absolute Gasteiger partial charge is 0.467 e. The van der Waals surface area contributed by atoms with Gasteiger partial charge in [0.25, 0.3) is 0 Å². The van der Waals surface area contributed by atoms with Crippen LogP contribution >= 0.6 is 0 Å². The summed E-state index contributed by atoms with van der Waals surface area (Å²) in [6.45, 7) is 0.562. The van der Waals surface area contributed by atoms with Crippen LogP contribution < -0.4 is 0 Å². The third kappa shape index (κ3) is 2.16. The van der Waals surface area contributed by atoms with Crippen molar-refractivity contribution in [3.8, 4) is 0 Å². The molecule has 0 spiro atoms. The minimum Gasteiger partial charge on any atom is -0.467 e. The number of hydrogen-bond donors (Lipinski definition) is 0. The average Bonchev–Trinajstić information content (AvgIpc) is 2.27. The number of esters is 1. The van der Waals surface area contributed by atoms with Gasteiger partial charge < -0.3 is 9.47 Å². The number of carbonyl (C=O) groups excluding carboxylic acids is 2. The highest BCUT2D eigenvalue weighted by atomic mass is 16.5. The SMILES string of the molecule is COC(=O)C1CCCCN1C(=O)OC. The topological polar surface area (TPSA) is 55.8 Å². The number of amides is 1. The van der Waals surface area contributed by atoms with E-state index in [0.29, 0.717) is 13.0 Å². The number of methoxy groups -OCH3 is 2. The molecular formula is C9H15NO4. The van der Waals surface area contributed by atoms with Crippen molar-refractivity contribution in [2.75, 3.05) is 20.8 Å². The highest BCUT2D eigenvalue weighted by molar-refractivity contribution is 5.81. The quantitative estimate of drug-likeness (QED) is 0.588. The van der Waals surface area contributed by atoms with Gasteiger partial charge >= 0.3 is 12.1 Å². The zero-order valence-electron chi connectivity index (χ0n) is 8.49. The van der Waals surface area contributed by atoms with Gasteiger partial charge in [-0.15, -0.1) is 0 Å². The van der Waals surface area contributed by atoms with Crippen LogP contribution in [0.15, 0.2) is 0 Å². The molecule has 5 heteroatoms. The van der Waals surface area contributed by atoms with Gasteiger partial charge in [0.05, 0.1) is 14.2 Å². The van der Waals surface area contributed by atoms with Crippen molar-refractivity contribution in [3.05, 3.63) is 0 Å². The van der Waals surface area contributed by atoms with Crippen LogP contribution in [0.25, 0.3) is 0 Å². The normalized spacial score (nSPS) is 21.6. The fourth-order valence-electron chi connectivity index (χ4n) is 1.65. The fourth-order valence-corrected chi connectivity index (χ4v) is 1.65. The van der Waals surface area contributed by atoms with Crippen LogP contribution in [0.3, 0.4) is 0 Å². The Balaban J connectivity index is 2.68. The van der Waals surface area contributed by atoms with Crippen LogP contribution in [0, 0.1) is 0 Å². The molecule has 0 saturated carbocycles. The summed E-state index contributed by atoms with van der Waals surface area (Å²) in [5.41, 5.74) is 0. The molecule has 1 heterocycles. The summed E-state index contributed by atoms with van der Waals surface area (Å²) in [7, 11) is 2.64. The van der Waals surface area contributed by atoms with E-state index in [-0.39, 0.29) is 5.97 Å². The van der Waals surface area contributed by atoms with Crippen molar-refractivity contribution in [1.82, 2.24) is 4.90 Å². The molecular weight excluding hydrogens is 186 g/mol. The number of piperidine rings is 1. The highest BCUT2D eigenvalue weighted by Gasteiger charge is 2.33. The third-order valence-corrected chi connectivity index (χ3v) is 2.39. The van der Waals surface area contributed by atoms with Crippen molar-refractivity contribution >= 4 is 12.1 Å². The Hall–Kier alpha value is -1.26. The molecule has 0 bridgehead atoms. The summed E-state index contributed by atoms with van der Waals surface area (Å²) in [4.78, 5) is 24.0. The summed E-state index contributed by atoms with van der Waals surface area (Å²) in [6.07, 6.45) is 2.04. The molecule has 1 rings (SSSR count). The Morgan fingerprint density at radius 2 is 1.93 bits per heavy atom. The zero-order chi connectivity index (χ0) is 10.6.